The van der Waals surface area contributed by atoms with Gasteiger partial charge in [0.05, 0.1) is 5.69 Å². The van der Waals surface area contributed by atoms with Gasteiger partial charge in [-0.15, -0.1) is 0 Å². The summed E-state index contributed by atoms with van der Waals surface area (Å²) in [6.07, 6.45) is 3.52. The zero-order valence-corrected chi connectivity index (χ0v) is 11.9. The Balaban J connectivity index is 2.17. The molecule has 1 aromatic carbocycles. The van der Waals surface area contributed by atoms with Crippen molar-refractivity contribution in [3.63, 3.8) is 0 Å². The van der Waals surface area contributed by atoms with Crippen LogP contribution in [-0.2, 0) is 10.0 Å². The van der Waals surface area contributed by atoms with Gasteiger partial charge in [0.1, 0.15) is 10.7 Å². The number of aliphatic hydroxyl groups excluding tert-OH is 1. The van der Waals surface area contributed by atoms with E-state index in [9.17, 15) is 17.9 Å². The van der Waals surface area contributed by atoms with Crippen molar-refractivity contribution in [2.24, 2.45) is 5.41 Å². The molecule has 0 amide bonds. The molecule has 0 spiro atoms. The number of benzene rings is 1. The molecular formula is C13H19FN2O3S. The van der Waals surface area contributed by atoms with Crippen molar-refractivity contribution >= 4 is 15.7 Å². The summed E-state index contributed by atoms with van der Waals surface area (Å²) in [5.41, 5.74) is 5.19. The van der Waals surface area contributed by atoms with Crippen LogP contribution in [-0.4, -0.2) is 26.7 Å². The number of nitrogens with two attached hydrogens (primary N) is 1. The van der Waals surface area contributed by atoms with Gasteiger partial charge in [-0.3, -0.25) is 0 Å². The Bertz CT molecular complexity index is 583. The number of hydrogen-bond donors (Lipinski definition) is 3. The van der Waals surface area contributed by atoms with Gasteiger partial charge in [0.25, 0.3) is 0 Å². The molecule has 1 fully saturated rings. The minimum absolute atomic E-state index is 0.00312. The fraction of sp³-hybridized carbons (Fsp3) is 0.538. The molecule has 7 heteroatoms. The van der Waals surface area contributed by atoms with Crippen molar-refractivity contribution in [1.82, 2.24) is 4.72 Å². The van der Waals surface area contributed by atoms with E-state index in [-0.39, 0.29) is 23.7 Å². The van der Waals surface area contributed by atoms with E-state index in [1.807, 2.05) is 0 Å². The van der Waals surface area contributed by atoms with Gasteiger partial charge < -0.3 is 10.8 Å². The SMILES string of the molecule is Nc1ccc(F)cc1S(=O)(=O)NCC1(CO)CCCC1. The molecule has 0 atom stereocenters. The van der Waals surface area contributed by atoms with Crippen LogP contribution in [0.3, 0.4) is 0 Å². The average molecular weight is 302 g/mol. The normalized spacial score (nSPS) is 18.3. The maximum atomic E-state index is 13.2. The third-order valence-electron chi connectivity index (χ3n) is 3.90. The Morgan fingerprint density at radius 1 is 1.35 bits per heavy atom. The first-order chi connectivity index (χ1) is 9.38. The van der Waals surface area contributed by atoms with Crippen molar-refractivity contribution in [3.05, 3.63) is 24.0 Å². The van der Waals surface area contributed by atoms with Crippen LogP contribution >= 0.6 is 0 Å². The van der Waals surface area contributed by atoms with E-state index in [0.717, 1.165) is 37.8 Å². The molecular weight excluding hydrogens is 283 g/mol. The quantitative estimate of drug-likeness (QED) is 0.714. The van der Waals surface area contributed by atoms with Gasteiger partial charge in [0.2, 0.25) is 10.0 Å². The van der Waals surface area contributed by atoms with E-state index in [1.165, 1.54) is 6.07 Å². The summed E-state index contributed by atoms with van der Waals surface area (Å²) in [5, 5.41) is 9.46. The highest BCUT2D eigenvalue weighted by Gasteiger charge is 2.34. The minimum Gasteiger partial charge on any atom is -0.398 e. The van der Waals surface area contributed by atoms with Crippen LogP contribution in [0.2, 0.25) is 0 Å². The molecule has 1 aliphatic rings. The van der Waals surface area contributed by atoms with Gasteiger partial charge in [-0.05, 0) is 31.0 Å². The van der Waals surface area contributed by atoms with Crippen LogP contribution in [0, 0.1) is 11.2 Å². The Labute approximate surface area is 118 Å². The first-order valence-electron chi connectivity index (χ1n) is 6.54. The summed E-state index contributed by atoms with van der Waals surface area (Å²) in [5.74, 6) is -0.655. The Morgan fingerprint density at radius 2 is 2.00 bits per heavy atom. The molecule has 0 radical (unpaired) electrons. The fourth-order valence-corrected chi connectivity index (χ4v) is 3.88. The van der Waals surface area contributed by atoms with Crippen molar-refractivity contribution in [1.29, 1.82) is 0 Å². The monoisotopic (exact) mass is 302 g/mol. The zero-order valence-electron chi connectivity index (χ0n) is 11.1. The molecule has 1 saturated carbocycles. The highest BCUT2D eigenvalue weighted by Crippen LogP contribution is 2.37. The number of hydrogen-bond acceptors (Lipinski definition) is 4. The zero-order chi connectivity index (χ0) is 14.8. The molecule has 0 aliphatic heterocycles. The second-order valence-electron chi connectivity index (χ2n) is 5.37. The minimum atomic E-state index is -3.88. The summed E-state index contributed by atoms with van der Waals surface area (Å²) in [7, 11) is -3.88. The maximum Gasteiger partial charge on any atom is 0.242 e. The van der Waals surface area contributed by atoms with Crippen molar-refractivity contribution in [2.75, 3.05) is 18.9 Å². The summed E-state index contributed by atoms with van der Waals surface area (Å²) >= 11 is 0. The Kier molecular flexibility index (Phi) is 4.31. The van der Waals surface area contributed by atoms with Crippen LogP contribution in [0.5, 0.6) is 0 Å². The lowest BCUT2D eigenvalue weighted by Crippen LogP contribution is -2.38. The number of anilines is 1. The van der Waals surface area contributed by atoms with Gasteiger partial charge in [-0.25, -0.2) is 17.5 Å². The van der Waals surface area contributed by atoms with Gasteiger partial charge in [-0.2, -0.15) is 0 Å². The third-order valence-corrected chi connectivity index (χ3v) is 5.36. The molecule has 112 valence electrons. The number of sulfonamides is 1. The molecule has 0 saturated heterocycles. The molecule has 2 rings (SSSR count). The molecule has 0 unspecified atom stereocenters. The second-order valence-corrected chi connectivity index (χ2v) is 7.11. The van der Waals surface area contributed by atoms with E-state index < -0.39 is 21.3 Å². The summed E-state index contributed by atoms with van der Waals surface area (Å²) < 4.78 is 40.0. The van der Waals surface area contributed by atoms with Gasteiger partial charge in [0.15, 0.2) is 0 Å². The molecule has 5 nitrogen and oxygen atoms in total. The average Bonchev–Trinajstić information content (AvgIpc) is 2.89. The first kappa shape index (κ1) is 15.2. The third kappa shape index (κ3) is 3.11. The summed E-state index contributed by atoms with van der Waals surface area (Å²) in [4.78, 5) is -0.261. The molecule has 20 heavy (non-hydrogen) atoms. The number of rotatable bonds is 5. The van der Waals surface area contributed by atoms with Gasteiger partial charge >= 0.3 is 0 Å². The lowest BCUT2D eigenvalue weighted by atomic mass is 9.88. The van der Waals surface area contributed by atoms with Crippen LogP contribution < -0.4 is 10.5 Å². The topological polar surface area (TPSA) is 92.4 Å². The maximum absolute atomic E-state index is 13.2. The summed E-state index contributed by atoms with van der Waals surface area (Å²) in [6, 6.07) is 3.24. The van der Waals surface area contributed by atoms with Gasteiger partial charge in [-0.1, -0.05) is 12.8 Å². The highest BCUT2D eigenvalue weighted by molar-refractivity contribution is 7.89. The predicted octanol–water partition coefficient (Wildman–Crippen LogP) is 1.24. The number of halogens is 1. The molecule has 1 aromatic rings. The Hall–Kier alpha value is -1.18. The van der Waals surface area contributed by atoms with Crippen LogP contribution in [0.1, 0.15) is 25.7 Å². The molecule has 1 aliphatic carbocycles. The molecule has 0 aromatic heterocycles. The van der Waals surface area contributed by atoms with Crippen LogP contribution in [0.15, 0.2) is 23.1 Å². The number of nitrogens with one attached hydrogen (secondary N) is 1. The van der Waals surface area contributed by atoms with E-state index >= 15 is 0 Å². The van der Waals surface area contributed by atoms with E-state index in [1.54, 1.807) is 0 Å². The fourth-order valence-electron chi connectivity index (χ4n) is 2.58. The summed E-state index contributed by atoms with van der Waals surface area (Å²) in [6.45, 7) is 0.0793. The highest BCUT2D eigenvalue weighted by atomic mass is 32.2. The molecule has 0 bridgehead atoms. The second kappa shape index (κ2) is 5.67. The molecule has 0 heterocycles. The lowest BCUT2D eigenvalue weighted by Gasteiger charge is -2.26. The van der Waals surface area contributed by atoms with Crippen molar-refractivity contribution in [3.8, 4) is 0 Å². The van der Waals surface area contributed by atoms with Crippen molar-refractivity contribution < 1.29 is 17.9 Å². The Morgan fingerprint density at radius 3 is 2.60 bits per heavy atom. The standard InChI is InChI=1S/C13H19FN2O3S/c14-10-3-4-11(15)12(7-10)20(18,19)16-8-13(9-17)5-1-2-6-13/h3-4,7,16-17H,1-2,5-6,8-9,15H2. The smallest absolute Gasteiger partial charge is 0.242 e. The predicted molar refractivity (Wildman–Crippen MR) is 74.0 cm³/mol. The van der Waals surface area contributed by atoms with Crippen LogP contribution in [0.25, 0.3) is 0 Å². The lowest BCUT2D eigenvalue weighted by molar-refractivity contribution is 0.134. The number of nitrogen functional groups attached to an aromatic ring is 1. The van der Waals surface area contributed by atoms with E-state index in [0.29, 0.717) is 0 Å². The van der Waals surface area contributed by atoms with E-state index in [4.69, 9.17) is 5.73 Å². The molecule has 4 N–H and O–H groups in total. The van der Waals surface area contributed by atoms with Gasteiger partial charge in [0, 0.05) is 18.6 Å². The van der Waals surface area contributed by atoms with Crippen molar-refractivity contribution in [2.45, 2.75) is 30.6 Å². The van der Waals surface area contributed by atoms with Crippen LogP contribution in [0.4, 0.5) is 10.1 Å². The van der Waals surface area contributed by atoms with E-state index in [2.05, 4.69) is 4.72 Å². The number of aliphatic hydroxyl groups is 1. The largest absolute Gasteiger partial charge is 0.398 e. The first-order valence-corrected chi connectivity index (χ1v) is 8.02.